The maximum atomic E-state index is 12.0. The van der Waals surface area contributed by atoms with Crippen LogP contribution >= 0.6 is 0 Å². The molecule has 0 aromatic carbocycles. The topological polar surface area (TPSA) is 68.3 Å². The van der Waals surface area contributed by atoms with Crippen LogP contribution in [0.25, 0.3) is 0 Å². The summed E-state index contributed by atoms with van der Waals surface area (Å²) in [7, 11) is 0. The average molecular weight is 252 g/mol. The zero-order valence-electron chi connectivity index (χ0n) is 11.5. The molecular weight excluding hydrogens is 228 g/mol. The fraction of sp³-hybridized carbons (Fsp3) is 0.643. The number of nitrogens with one attached hydrogen (secondary N) is 1. The van der Waals surface area contributed by atoms with Gasteiger partial charge in [0.1, 0.15) is 5.76 Å². The number of hydrogen-bond donors (Lipinski definition) is 2. The van der Waals surface area contributed by atoms with E-state index in [1.54, 1.807) is 13.2 Å². The van der Waals surface area contributed by atoms with Crippen LogP contribution < -0.4 is 11.1 Å². The van der Waals surface area contributed by atoms with Crippen molar-refractivity contribution < 1.29 is 9.21 Å². The van der Waals surface area contributed by atoms with E-state index in [1.807, 2.05) is 26.0 Å². The van der Waals surface area contributed by atoms with Gasteiger partial charge in [-0.25, -0.2) is 0 Å². The summed E-state index contributed by atoms with van der Waals surface area (Å²) in [6.45, 7) is 5.80. The molecular formula is C14H24N2O2. The van der Waals surface area contributed by atoms with Crippen molar-refractivity contribution in [2.45, 2.75) is 58.0 Å². The smallest absolute Gasteiger partial charge is 0.240 e. The first kappa shape index (κ1) is 14.8. The van der Waals surface area contributed by atoms with Gasteiger partial charge in [-0.2, -0.15) is 0 Å². The van der Waals surface area contributed by atoms with E-state index in [-0.39, 0.29) is 11.9 Å². The van der Waals surface area contributed by atoms with Crippen molar-refractivity contribution in [2.24, 2.45) is 5.73 Å². The summed E-state index contributed by atoms with van der Waals surface area (Å²) in [6, 6.07) is 3.91. The number of rotatable bonds is 7. The summed E-state index contributed by atoms with van der Waals surface area (Å²) in [5, 5.41) is 2.96. The number of hydrogen-bond acceptors (Lipinski definition) is 3. The standard InChI is InChI=1S/C14H24N2O2/c1-4-9-14(3,15)13(17)16-11(2)7-8-12-6-5-10-18-12/h5-6,10-11H,4,7-9,15H2,1-3H3,(H,16,17). The summed E-state index contributed by atoms with van der Waals surface area (Å²) in [5.41, 5.74) is 5.21. The Morgan fingerprint density at radius 2 is 2.33 bits per heavy atom. The lowest BCUT2D eigenvalue weighted by atomic mass is 9.96. The predicted molar refractivity (Wildman–Crippen MR) is 72.1 cm³/mol. The van der Waals surface area contributed by atoms with Crippen molar-refractivity contribution in [1.29, 1.82) is 0 Å². The first-order valence-corrected chi connectivity index (χ1v) is 6.58. The minimum Gasteiger partial charge on any atom is -0.469 e. The van der Waals surface area contributed by atoms with Crippen LogP contribution in [0.2, 0.25) is 0 Å². The van der Waals surface area contributed by atoms with E-state index in [1.165, 1.54) is 0 Å². The Balaban J connectivity index is 2.35. The van der Waals surface area contributed by atoms with E-state index in [0.29, 0.717) is 6.42 Å². The zero-order chi connectivity index (χ0) is 13.6. The molecule has 1 aromatic heterocycles. The fourth-order valence-electron chi connectivity index (χ4n) is 1.91. The number of aryl methyl sites for hydroxylation is 1. The Hall–Kier alpha value is -1.29. The van der Waals surface area contributed by atoms with Gasteiger partial charge in [-0.1, -0.05) is 13.3 Å². The third-order valence-electron chi connectivity index (χ3n) is 3.07. The summed E-state index contributed by atoms with van der Waals surface area (Å²) in [4.78, 5) is 12.0. The molecule has 0 saturated heterocycles. The Morgan fingerprint density at radius 1 is 1.61 bits per heavy atom. The molecule has 0 aliphatic rings. The molecule has 0 aliphatic heterocycles. The van der Waals surface area contributed by atoms with Crippen molar-refractivity contribution in [1.82, 2.24) is 5.32 Å². The van der Waals surface area contributed by atoms with Crippen LogP contribution in [0.1, 0.15) is 45.8 Å². The van der Waals surface area contributed by atoms with E-state index >= 15 is 0 Å². The third kappa shape index (κ3) is 4.53. The van der Waals surface area contributed by atoms with Gasteiger partial charge >= 0.3 is 0 Å². The molecule has 2 atom stereocenters. The van der Waals surface area contributed by atoms with E-state index in [0.717, 1.165) is 25.0 Å². The quantitative estimate of drug-likeness (QED) is 0.782. The van der Waals surface area contributed by atoms with Crippen molar-refractivity contribution in [3.63, 3.8) is 0 Å². The molecule has 0 saturated carbocycles. The summed E-state index contributed by atoms with van der Waals surface area (Å²) < 4.78 is 5.26. The Bertz CT molecular complexity index is 358. The molecule has 1 rings (SSSR count). The molecule has 4 nitrogen and oxygen atoms in total. The number of furan rings is 1. The Kier molecular flexibility index (Phi) is 5.41. The molecule has 1 heterocycles. The first-order valence-electron chi connectivity index (χ1n) is 6.58. The fourth-order valence-corrected chi connectivity index (χ4v) is 1.91. The summed E-state index contributed by atoms with van der Waals surface area (Å²) >= 11 is 0. The molecule has 0 radical (unpaired) electrons. The van der Waals surface area contributed by atoms with Crippen LogP contribution in [-0.2, 0) is 11.2 Å². The van der Waals surface area contributed by atoms with Crippen LogP contribution in [0.5, 0.6) is 0 Å². The SMILES string of the molecule is CCCC(C)(N)C(=O)NC(C)CCc1ccco1. The normalized spacial score (nSPS) is 16.0. The monoisotopic (exact) mass is 252 g/mol. The molecule has 2 unspecified atom stereocenters. The summed E-state index contributed by atoms with van der Waals surface area (Å²) in [6.07, 6.45) is 4.94. The number of carbonyl (C=O) groups is 1. The molecule has 4 heteroatoms. The molecule has 1 amide bonds. The lowest BCUT2D eigenvalue weighted by molar-refractivity contribution is -0.126. The number of carbonyl (C=O) groups excluding carboxylic acids is 1. The molecule has 0 aliphatic carbocycles. The van der Waals surface area contributed by atoms with E-state index in [4.69, 9.17) is 10.2 Å². The zero-order valence-corrected chi connectivity index (χ0v) is 11.5. The van der Waals surface area contributed by atoms with E-state index in [9.17, 15) is 4.79 Å². The average Bonchev–Trinajstić information content (AvgIpc) is 2.79. The van der Waals surface area contributed by atoms with Gasteiger partial charge in [0.15, 0.2) is 0 Å². The highest BCUT2D eigenvalue weighted by molar-refractivity contribution is 5.85. The predicted octanol–water partition coefficient (Wildman–Crippen LogP) is 2.23. The third-order valence-corrected chi connectivity index (χ3v) is 3.07. The number of nitrogens with two attached hydrogens (primary N) is 1. The van der Waals surface area contributed by atoms with Crippen LogP contribution in [0.15, 0.2) is 22.8 Å². The maximum absolute atomic E-state index is 12.0. The van der Waals surface area contributed by atoms with Crippen LogP contribution in [0.4, 0.5) is 0 Å². The van der Waals surface area contributed by atoms with Gasteiger partial charge in [0.2, 0.25) is 5.91 Å². The van der Waals surface area contributed by atoms with Crippen LogP contribution in [0.3, 0.4) is 0 Å². The molecule has 18 heavy (non-hydrogen) atoms. The minimum atomic E-state index is -0.770. The Labute approximate surface area is 109 Å². The van der Waals surface area contributed by atoms with Gasteiger partial charge in [0.05, 0.1) is 11.8 Å². The van der Waals surface area contributed by atoms with Crippen molar-refractivity contribution >= 4 is 5.91 Å². The first-order chi connectivity index (χ1) is 8.45. The van der Waals surface area contributed by atoms with Crippen molar-refractivity contribution in [3.8, 4) is 0 Å². The highest BCUT2D eigenvalue weighted by atomic mass is 16.3. The van der Waals surface area contributed by atoms with Gasteiger partial charge in [0.25, 0.3) is 0 Å². The van der Waals surface area contributed by atoms with Gasteiger partial charge in [-0.05, 0) is 38.8 Å². The van der Waals surface area contributed by atoms with Crippen LogP contribution in [0, 0.1) is 0 Å². The van der Waals surface area contributed by atoms with E-state index < -0.39 is 5.54 Å². The molecule has 3 N–H and O–H groups in total. The summed E-state index contributed by atoms with van der Waals surface area (Å²) in [5.74, 6) is 0.872. The van der Waals surface area contributed by atoms with E-state index in [2.05, 4.69) is 5.32 Å². The van der Waals surface area contributed by atoms with Crippen LogP contribution in [-0.4, -0.2) is 17.5 Å². The molecule has 0 fully saturated rings. The second-order valence-electron chi connectivity index (χ2n) is 5.16. The second kappa shape index (κ2) is 6.59. The largest absolute Gasteiger partial charge is 0.469 e. The highest BCUT2D eigenvalue weighted by Crippen LogP contribution is 2.10. The van der Waals surface area contributed by atoms with Gasteiger partial charge in [-0.3, -0.25) is 4.79 Å². The maximum Gasteiger partial charge on any atom is 0.240 e. The molecule has 0 bridgehead atoms. The molecule has 0 spiro atoms. The lowest BCUT2D eigenvalue weighted by Gasteiger charge is -2.25. The lowest BCUT2D eigenvalue weighted by Crippen LogP contribution is -2.53. The minimum absolute atomic E-state index is 0.0729. The molecule has 1 aromatic rings. The highest BCUT2D eigenvalue weighted by Gasteiger charge is 2.27. The van der Waals surface area contributed by atoms with Gasteiger partial charge in [-0.15, -0.1) is 0 Å². The second-order valence-corrected chi connectivity index (χ2v) is 5.16. The Morgan fingerprint density at radius 3 is 2.89 bits per heavy atom. The number of amides is 1. The van der Waals surface area contributed by atoms with Gasteiger partial charge in [0, 0.05) is 12.5 Å². The molecule has 102 valence electrons. The van der Waals surface area contributed by atoms with Crippen molar-refractivity contribution in [2.75, 3.05) is 0 Å². The van der Waals surface area contributed by atoms with Gasteiger partial charge < -0.3 is 15.5 Å². The van der Waals surface area contributed by atoms with Crippen molar-refractivity contribution in [3.05, 3.63) is 24.2 Å².